The molecule has 0 amide bonds. The van der Waals surface area contributed by atoms with Gasteiger partial charge in [-0.3, -0.25) is 9.78 Å². The van der Waals surface area contributed by atoms with Crippen molar-refractivity contribution < 1.29 is 9.53 Å². The Labute approximate surface area is 109 Å². The lowest BCUT2D eigenvalue weighted by atomic mass is 9.68. The Kier molecular flexibility index (Phi) is 4.34. The average Bonchev–Trinajstić information content (AvgIpc) is 2.40. The van der Waals surface area contributed by atoms with Crippen LogP contribution in [0.2, 0.25) is 0 Å². The minimum Gasteiger partial charge on any atom is -0.469 e. The summed E-state index contributed by atoms with van der Waals surface area (Å²) >= 11 is 0. The fourth-order valence-electron chi connectivity index (χ4n) is 3.03. The van der Waals surface area contributed by atoms with Crippen LogP contribution in [0.3, 0.4) is 0 Å². The lowest BCUT2D eigenvalue weighted by Crippen LogP contribution is -2.30. The molecule has 0 aromatic carbocycles. The quantitative estimate of drug-likeness (QED) is 0.767. The van der Waals surface area contributed by atoms with Crippen molar-refractivity contribution in [3.63, 3.8) is 0 Å². The number of carbonyl (C=O) groups excluding carboxylic acids is 1. The molecular formula is C15H21NO2. The van der Waals surface area contributed by atoms with E-state index >= 15 is 0 Å². The first kappa shape index (κ1) is 13.1. The molecule has 0 saturated heterocycles. The summed E-state index contributed by atoms with van der Waals surface area (Å²) in [5.74, 6) is -0.0778. The van der Waals surface area contributed by atoms with Gasteiger partial charge in [-0.2, -0.15) is 0 Å². The van der Waals surface area contributed by atoms with E-state index in [1.165, 1.54) is 31.9 Å². The summed E-state index contributed by atoms with van der Waals surface area (Å²) in [6, 6.07) is 4.10. The fourth-order valence-corrected chi connectivity index (χ4v) is 3.03. The molecule has 3 heteroatoms. The molecular weight excluding hydrogens is 226 g/mol. The second-order valence-electron chi connectivity index (χ2n) is 5.35. The number of hydrogen-bond acceptors (Lipinski definition) is 3. The molecule has 2 rings (SSSR count). The van der Waals surface area contributed by atoms with E-state index in [1.54, 1.807) is 0 Å². The Morgan fingerprint density at radius 2 is 1.94 bits per heavy atom. The van der Waals surface area contributed by atoms with E-state index in [0.29, 0.717) is 6.42 Å². The third-order valence-electron chi connectivity index (χ3n) is 3.99. The van der Waals surface area contributed by atoms with E-state index in [0.717, 1.165) is 19.3 Å². The predicted octanol–water partition coefficient (Wildman–Crippen LogP) is 3.14. The number of carbonyl (C=O) groups is 1. The lowest BCUT2D eigenvalue weighted by molar-refractivity contribution is -0.144. The monoisotopic (exact) mass is 247 g/mol. The number of hydrogen-bond donors (Lipinski definition) is 0. The summed E-state index contributed by atoms with van der Waals surface area (Å²) in [7, 11) is 1.48. The SMILES string of the molecule is COC(=O)CC1(Cc2ccncc2)CCCCC1. The van der Waals surface area contributed by atoms with Gasteiger partial charge < -0.3 is 4.74 Å². The van der Waals surface area contributed by atoms with E-state index in [9.17, 15) is 4.79 Å². The summed E-state index contributed by atoms with van der Waals surface area (Å²) in [6.07, 6.45) is 11.2. The molecule has 0 aliphatic heterocycles. The van der Waals surface area contributed by atoms with Crippen molar-refractivity contribution in [1.29, 1.82) is 0 Å². The van der Waals surface area contributed by atoms with Gasteiger partial charge in [-0.15, -0.1) is 0 Å². The molecule has 1 aromatic heterocycles. The van der Waals surface area contributed by atoms with Crippen molar-refractivity contribution in [3.05, 3.63) is 30.1 Å². The zero-order valence-corrected chi connectivity index (χ0v) is 11.0. The highest BCUT2D eigenvalue weighted by molar-refractivity contribution is 5.70. The molecule has 1 saturated carbocycles. The van der Waals surface area contributed by atoms with Crippen LogP contribution in [0.4, 0.5) is 0 Å². The van der Waals surface area contributed by atoms with Crippen molar-refractivity contribution in [2.45, 2.75) is 44.9 Å². The van der Waals surface area contributed by atoms with Crippen molar-refractivity contribution in [2.75, 3.05) is 7.11 Å². The molecule has 3 nitrogen and oxygen atoms in total. The summed E-state index contributed by atoms with van der Waals surface area (Å²) in [6.45, 7) is 0. The predicted molar refractivity (Wildman–Crippen MR) is 70.1 cm³/mol. The van der Waals surface area contributed by atoms with Crippen LogP contribution in [0.1, 0.15) is 44.1 Å². The third kappa shape index (κ3) is 3.31. The standard InChI is InChI=1S/C15H21NO2/c1-18-14(17)12-15(7-3-2-4-8-15)11-13-5-9-16-10-6-13/h5-6,9-10H,2-4,7-8,11-12H2,1H3. The number of aromatic nitrogens is 1. The lowest BCUT2D eigenvalue weighted by Gasteiger charge is -2.36. The molecule has 1 fully saturated rings. The Bertz CT molecular complexity index is 383. The van der Waals surface area contributed by atoms with Gasteiger partial charge in [0, 0.05) is 12.4 Å². The van der Waals surface area contributed by atoms with Gasteiger partial charge in [-0.1, -0.05) is 19.3 Å². The molecule has 98 valence electrons. The topological polar surface area (TPSA) is 39.2 Å². The number of ether oxygens (including phenoxy) is 1. The van der Waals surface area contributed by atoms with Crippen LogP contribution in [0, 0.1) is 5.41 Å². The van der Waals surface area contributed by atoms with Gasteiger partial charge >= 0.3 is 5.97 Å². The van der Waals surface area contributed by atoms with E-state index in [1.807, 2.05) is 24.5 Å². The van der Waals surface area contributed by atoms with Crippen LogP contribution in [0.25, 0.3) is 0 Å². The highest BCUT2D eigenvalue weighted by atomic mass is 16.5. The molecule has 1 aromatic rings. The zero-order chi connectivity index (χ0) is 12.8. The molecule has 1 aliphatic carbocycles. The van der Waals surface area contributed by atoms with Crippen LogP contribution >= 0.6 is 0 Å². The molecule has 0 spiro atoms. The molecule has 0 unspecified atom stereocenters. The maximum atomic E-state index is 11.6. The highest BCUT2D eigenvalue weighted by Crippen LogP contribution is 2.42. The number of methoxy groups -OCH3 is 1. The molecule has 1 aliphatic rings. The molecule has 0 bridgehead atoms. The van der Waals surface area contributed by atoms with Crippen molar-refractivity contribution in [2.24, 2.45) is 5.41 Å². The first-order valence-corrected chi connectivity index (χ1v) is 6.70. The summed E-state index contributed by atoms with van der Waals surface area (Å²) in [4.78, 5) is 15.7. The summed E-state index contributed by atoms with van der Waals surface area (Å²) in [5, 5.41) is 0. The van der Waals surface area contributed by atoms with Gasteiger partial charge in [0.25, 0.3) is 0 Å². The summed E-state index contributed by atoms with van der Waals surface area (Å²) < 4.78 is 4.86. The van der Waals surface area contributed by atoms with Crippen LogP contribution < -0.4 is 0 Å². The van der Waals surface area contributed by atoms with Crippen LogP contribution in [-0.4, -0.2) is 18.1 Å². The van der Waals surface area contributed by atoms with Crippen LogP contribution in [0.5, 0.6) is 0 Å². The number of rotatable bonds is 4. The number of esters is 1. The second-order valence-corrected chi connectivity index (χ2v) is 5.35. The molecule has 0 radical (unpaired) electrons. The van der Waals surface area contributed by atoms with E-state index in [4.69, 9.17) is 4.74 Å². The van der Waals surface area contributed by atoms with Gasteiger partial charge in [-0.25, -0.2) is 0 Å². The van der Waals surface area contributed by atoms with Gasteiger partial charge in [-0.05, 0) is 42.4 Å². The van der Waals surface area contributed by atoms with Crippen molar-refractivity contribution in [1.82, 2.24) is 4.98 Å². The number of pyridine rings is 1. The summed E-state index contributed by atoms with van der Waals surface area (Å²) in [5.41, 5.74) is 1.38. The Hall–Kier alpha value is -1.38. The zero-order valence-electron chi connectivity index (χ0n) is 11.0. The fraction of sp³-hybridized carbons (Fsp3) is 0.600. The third-order valence-corrected chi connectivity index (χ3v) is 3.99. The van der Waals surface area contributed by atoms with Gasteiger partial charge in [0.15, 0.2) is 0 Å². The van der Waals surface area contributed by atoms with Crippen LogP contribution in [0.15, 0.2) is 24.5 Å². The van der Waals surface area contributed by atoms with Gasteiger partial charge in [0.05, 0.1) is 13.5 Å². The largest absolute Gasteiger partial charge is 0.469 e. The first-order valence-electron chi connectivity index (χ1n) is 6.70. The van der Waals surface area contributed by atoms with E-state index < -0.39 is 0 Å². The average molecular weight is 247 g/mol. The molecule has 0 N–H and O–H groups in total. The maximum Gasteiger partial charge on any atom is 0.306 e. The van der Waals surface area contributed by atoms with Gasteiger partial charge in [0.1, 0.15) is 0 Å². The maximum absolute atomic E-state index is 11.6. The van der Waals surface area contributed by atoms with Gasteiger partial charge in [0.2, 0.25) is 0 Å². The van der Waals surface area contributed by atoms with E-state index in [-0.39, 0.29) is 11.4 Å². The Balaban J connectivity index is 2.11. The second kappa shape index (κ2) is 5.98. The molecule has 0 atom stereocenters. The molecule has 18 heavy (non-hydrogen) atoms. The van der Waals surface area contributed by atoms with E-state index in [2.05, 4.69) is 4.98 Å². The highest BCUT2D eigenvalue weighted by Gasteiger charge is 2.34. The number of nitrogens with zero attached hydrogens (tertiary/aromatic N) is 1. The Morgan fingerprint density at radius 3 is 2.56 bits per heavy atom. The molecule has 1 heterocycles. The van der Waals surface area contributed by atoms with Crippen LogP contribution in [-0.2, 0) is 16.0 Å². The van der Waals surface area contributed by atoms with Crippen molar-refractivity contribution in [3.8, 4) is 0 Å². The first-order chi connectivity index (χ1) is 8.74. The minimum absolute atomic E-state index is 0.0778. The smallest absolute Gasteiger partial charge is 0.306 e. The Morgan fingerprint density at radius 1 is 1.28 bits per heavy atom. The van der Waals surface area contributed by atoms with Crippen molar-refractivity contribution >= 4 is 5.97 Å². The minimum atomic E-state index is -0.0778. The normalized spacial score (nSPS) is 18.3.